The smallest absolute Gasteiger partial charge is 0.413 e. The predicted octanol–water partition coefficient (Wildman–Crippen LogP) is -2.17. The SMILES string of the molecule is CNCCCC[C@@H]1NC(=O)[C@@H](CCCNC(=O)[NH2+]C)NC(=O)[C@H](Cc2ccc(O)cc2)NC(=O)[C@H](NC(=O)[C@@H](N)Cc2ccc(Cl)cc2)CSSC[C@@H](C(=O)NC(Cc2ccc(O)cc2)C(N)=O)NC(=O)[C@H]([C@@H](C)O)NC1=O. The van der Waals surface area contributed by atoms with E-state index in [2.05, 4.69) is 47.9 Å². The Kier molecular flexibility index (Phi) is 26.9. The Morgan fingerprint density at radius 1 is 0.705 bits per heavy atom. The van der Waals surface area contributed by atoms with Crippen molar-refractivity contribution in [2.24, 2.45) is 11.5 Å². The standard InChI is InChI=1S/C51H71ClN12O12S2/c1-28(65)42-50(75)63-41(48(73)60-38(43(54)68)24-30-11-17-33(66)18-12-30)27-78-77-26-40(62-44(69)35(53)23-29-9-15-32(52)16-10-29)49(74)61-39(25-31-13-19-34(67)20-14-31)47(72)59-37(8-6-22-57-51(76)56-3)45(70)58-36(46(71)64-42)7-4-5-21-55-2/h9-20,28,35-42,55,65-67H,4-8,21-27,53H2,1-3H3,(H2,54,68)(H,58,70)(H,59,72)(H,60,73)(H,61,74)(H,62,69)(H,63,75)(H,64,71)(H2,56,57,76)/p+1/t28-,35+,36+,37-,38?,39+,40-,41+,42+/m1/s1. The third kappa shape index (κ3) is 22.0. The molecular formula is C51H72ClN12O12S2+. The number of aromatic hydroxyl groups is 2. The van der Waals surface area contributed by atoms with Gasteiger partial charge < -0.3 is 74.6 Å². The fourth-order valence-electron chi connectivity index (χ4n) is 7.83. The number of nitrogens with one attached hydrogen (secondary N) is 9. The minimum atomic E-state index is -1.73. The van der Waals surface area contributed by atoms with Crippen LogP contribution in [-0.2, 0) is 57.6 Å². The number of aliphatic hydroxyl groups is 1. The number of quaternary nitrogens is 1. The van der Waals surface area contributed by atoms with Crippen molar-refractivity contribution >= 4 is 86.5 Å². The molecular weight excluding hydrogens is 1070 g/mol. The van der Waals surface area contributed by atoms with Crippen LogP contribution in [0, 0.1) is 0 Å². The average Bonchev–Trinajstić information content (AvgIpc) is 3.40. The Bertz CT molecular complexity index is 2500. The Hall–Kier alpha value is -6.68. The zero-order valence-corrected chi connectivity index (χ0v) is 45.9. The third-order valence-electron chi connectivity index (χ3n) is 12.3. The number of hydrogen-bond donors (Lipinski definition) is 15. The van der Waals surface area contributed by atoms with Crippen LogP contribution in [0.25, 0.3) is 0 Å². The van der Waals surface area contributed by atoms with Gasteiger partial charge in [-0.3, -0.25) is 43.7 Å². The molecule has 3 aromatic rings. The molecule has 426 valence electrons. The molecule has 1 unspecified atom stereocenters. The number of carbonyl (C=O) groups is 9. The van der Waals surface area contributed by atoms with Crippen molar-refractivity contribution < 1.29 is 63.8 Å². The topological polar surface area (TPSA) is 391 Å². The summed E-state index contributed by atoms with van der Waals surface area (Å²) >= 11 is 6.06. The van der Waals surface area contributed by atoms with Crippen LogP contribution in [0.5, 0.6) is 11.5 Å². The summed E-state index contributed by atoms with van der Waals surface area (Å²) in [5.74, 6) is -7.79. The van der Waals surface area contributed by atoms with Gasteiger partial charge in [0.2, 0.25) is 47.3 Å². The summed E-state index contributed by atoms with van der Waals surface area (Å²) in [6, 6.07) is 6.39. The molecule has 3 aromatic carbocycles. The second kappa shape index (κ2) is 32.9. The number of amides is 10. The number of aliphatic hydroxyl groups excluding tert-OH is 1. The van der Waals surface area contributed by atoms with E-state index < -0.39 is 102 Å². The number of primary amides is 2. The van der Waals surface area contributed by atoms with E-state index in [9.17, 15) is 58.5 Å². The molecule has 1 aliphatic rings. The summed E-state index contributed by atoms with van der Waals surface area (Å²) in [5, 5.41) is 56.7. The van der Waals surface area contributed by atoms with E-state index in [1.807, 2.05) is 0 Å². The van der Waals surface area contributed by atoms with E-state index in [0.29, 0.717) is 41.1 Å². The van der Waals surface area contributed by atoms with E-state index in [0.717, 1.165) is 21.6 Å². The number of urea groups is 1. The first-order chi connectivity index (χ1) is 37.2. The Labute approximate surface area is 465 Å². The maximum Gasteiger partial charge on any atom is 0.413 e. The van der Waals surface area contributed by atoms with Crippen molar-refractivity contribution in [3.05, 3.63) is 94.5 Å². The van der Waals surface area contributed by atoms with Crippen LogP contribution in [0.1, 0.15) is 55.7 Å². The van der Waals surface area contributed by atoms with Crippen LogP contribution in [-0.4, -0.2) is 162 Å². The largest absolute Gasteiger partial charge is 0.508 e. The monoisotopic (exact) mass is 1140 g/mol. The van der Waals surface area contributed by atoms with Gasteiger partial charge in [-0.15, -0.1) is 0 Å². The molecule has 1 heterocycles. The van der Waals surface area contributed by atoms with Crippen LogP contribution in [0.3, 0.4) is 0 Å². The van der Waals surface area contributed by atoms with Crippen molar-refractivity contribution in [3.8, 4) is 11.5 Å². The van der Waals surface area contributed by atoms with E-state index in [1.54, 1.807) is 31.3 Å². The molecule has 78 heavy (non-hydrogen) atoms. The minimum absolute atomic E-state index is 0.0148. The number of halogens is 1. The molecule has 4 rings (SSSR count). The second-order valence-corrected chi connectivity index (χ2v) is 21.6. The average molecular weight is 1140 g/mol. The minimum Gasteiger partial charge on any atom is -0.508 e. The van der Waals surface area contributed by atoms with Crippen LogP contribution in [0.2, 0.25) is 5.02 Å². The molecule has 0 saturated carbocycles. The van der Waals surface area contributed by atoms with Gasteiger partial charge in [0, 0.05) is 35.9 Å². The molecule has 27 heteroatoms. The quantitative estimate of drug-likeness (QED) is 0.0399. The summed E-state index contributed by atoms with van der Waals surface area (Å²) in [7, 11) is 5.20. The Morgan fingerprint density at radius 2 is 1.24 bits per heavy atom. The molecule has 0 radical (unpaired) electrons. The molecule has 0 bridgehead atoms. The normalized spacial score (nSPS) is 21.2. The first kappa shape index (κ1) is 63.8. The fraction of sp³-hybridized carbons (Fsp3) is 0.471. The maximum absolute atomic E-state index is 14.6. The second-order valence-electron chi connectivity index (χ2n) is 18.6. The van der Waals surface area contributed by atoms with Crippen LogP contribution in [0.15, 0.2) is 72.8 Å². The van der Waals surface area contributed by atoms with Crippen molar-refractivity contribution in [2.45, 2.75) is 113 Å². The van der Waals surface area contributed by atoms with Crippen molar-refractivity contribution in [3.63, 3.8) is 0 Å². The maximum atomic E-state index is 14.6. The Balaban J connectivity index is 1.80. The van der Waals surface area contributed by atoms with Gasteiger partial charge in [0.05, 0.1) is 19.2 Å². The van der Waals surface area contributed by atoms with Gasteiger partial charge in [-0.2, -0.15) is 0 Å². The zero-order valence-electron chi connectivity index (χ0n) is 43.6. The fourth-order valence-corrected chi connectivity index (χ4v) is 10.3. The highest BCUT2D eigenvalue weighted by atomic mass is 35.5. The van der Waals surface area contributed by atoms with E-state index in [4.69, 9.17) is 23.1 Å². The number of benzene rings is 3. The number of hydrogen-bond acceptors (Lipinski definition) is 16. The van der Waals surface area contributed by atoms with E-state index >= 15 is 0 Å². The summed E-state index contributed by atoms with van der Waals surface area (Å²) in [4.78, 5) is 125. The molecule has 1 saturated heterocycles. The van der Waals surface area contributed by atoms with Gasteiger partial charge in [-0.05, 0) is 112 Å². The predicted molar refractivity (Wildman–Crippen MR) is 294 cm³/mol. The lowest BCUT2D eigenvalue weighted by atomic mass is 10.0. The molecule has 18 N–H and O–H groups in total. The molecule has 0 aromatic heterocycles. The molecule has 9 atom stereocenters. The zero-order chi connectivity index (χ0) is 57.3. The van der Waals surface area contributed by atoms with Gasteiger partial charge >= 0.3 is 6.03 Å². The van der Waals surface area contributed by atoms with Crippen LogP contribution >= 0.6 is 33.2 Å². The Morgan fingerprint density at radius 3 is 1.83 bits per heavy atom. The highest BCUT2D eigenvalue weighted by Crippen LogP contribution is 2.24. The number of nitrogens with two attached hydrogens (primary N) is 3. The number of unbranched alkanes of at least 4 members (excludes halogenated alkanes) is 1. The third-order valence-corrected chi connectivity index (χ3v) is 15.0. The number of phenols is 2. The molecule has 1 aliphatic heterocycles. The van der Waals surface area contributed by atoms with Crippen molar-refractivity contribution in [1.29, 1.82) is 0 Å². The molecule has 24 nitrogen and oxygen atoms in total. The van der Waals surface area contributed by atoms with Gasteiger partial charge in [0.15, 0.2) is 0 Å². The lowest BCUT2D eigenvalue weighted by Crippen LogP contribution is -2.86. The van der Waals surface area contributed by atoms with Crippen LogP contribution < -0.4 is 64.6 Å². The highest BCUT2D eigenvalue weighted by molar-refractivity contribution is 8.76. The van der Waals surface area contributed by atoms with Gasteiger partial charge in [-0.25, -0.2) is 4.79 Å². The summed E-state index contributed by atoms with van der Waals surface area (Å²) < 4.78 is 0. The first-order valence-electron chi connectivity index (χ1n) is 25.3. The lowest BCUT2D eigenvalue weighted by Gasteiger charge is -2.29. The van der Waals surface area contributed by atoms with Crippen molar-refractivity contribution in [1.82, 2.24) is 47.9 Å². The first-order valence-corrected chi connectivity index (χ1v) is 28.2. The highest BCUT2D eigenvalue weighted by Gasteiger charge is 2.36. The summed E-state index contributed by atoms with van der Waals surface area (Å²) in [6.07, 6.45) is -0.889. The number of phenolic OH excluding ortho intramolecular Hbond substituents is 2. The van der Waals surface area contributed by atoms with Crippen molar-refractivity contribution in [2.75, 3.05) is 38.7 Å². The van der Waals surface area contributed by atoms with Gasteiger partial charge in [0.1, 0.15) is 53.8 Å². The molecule has 0 aliphatic carbocycles. The van der Waals surface area contributed by atoms with Crippen LogP contribution in [0.4, 0.5) is 4.79 Å². The lowest BCUT2D eigenvalue weighted by molar-refractivity contribution is -0.524. The molecule has 10 amide bonds. The van der Waals surface area contributed by atoms with Gasteiger partial charge in [0.25, 0.3) is 0 Å². The number of carbonyl (C=O) groups excluding carboxylic acids is 9. The molecule has 0 spiro atoms. The summed E-state index contributed by atoms with van der Waals surface area (Å²) in [5.41, 5.74) is 13.7. The van der Waals surface area contributed by atoms with E-state index in [-0.39, 0.29) is 74.1 Å². The van der Waals surface area contributed by atoms with Gasteiger partial charge in [-0.1, -0.05) is 69.6 Å². The summed E-state index contributed by atoms with van der Waals surface area (Å²) in [6.45, 7) is 1.84. The number of rotatable bonds is 21. The van der Waals surface area contributed by atoms with E-state index in [1.165, 1.54) is 67.8 Å². The molecule has 1 fully saturated rings.